The molecule has 4 nitrogen and oxygen atoms in total. The predicted molar refractivity (Wildman–Crippen MR) is 98.9 cm³/mol. The summed E-state index contributed by atoms with van der Waals surface area (Å²) in [5.74, 6) is 2.67. The molecule has 0 bridgehead atoms. The fraction of sp³-hybridized carbons (Fsp3) is 0.222. The van der Waals surface area contributed by atoms with Crippen LogP contribution in [0.15, 0.2) is 53.7 Å². The lowest BCUT2D eigenvalue weighted by atomic mass is 10.2. The van der Waals surface area contributed by atoms with Crippen LogP contribution in [0.2, 0.25) is 5.02 Å². The maximum Gasteiger partial charge on any atom is 0.191 e. The molecular formula is C18H18ClN3OS. The van der Waals surface area contributed by atoms with Gasteiger partial charge in [0.1, 0.15) is 5.75 Å². The van der Waals surface area contributed by atoms with Gasteiger partial charge in [-0.15, -0.1) is 10.2 Å². The molecule has 0 amide bonds. The average Bonchev–Trinajstić information content (AvgIpc) is 2.97. The number of hydrogen-bond acceptors (Lipinski definition) is 4. The van der Waals surface area contributed by atoms with E-state index in [0.29, 0.717) is 0 Å². The minimum absolute atomic E-state index is 0.718. The standard InChI is InChI=1S/C18H18ClN3OS/c1-22-17(14-5-7-15(19)8-6-14)20-21-18(22)24-12-11-13-3-9-16(23-2)10-4-13/h3-10H,11-12H2,1-2H3. The van der Waals surface area contributed by atoms with Gasteiger partial charge in [0.25, 0.3) is 0 Å². The van der Waals surface area contributed by atoms with Crippen LogP contribution in [0.25, 0.3) is 11.4 Å². The van der Waals surface area contributed by atoms with E-state index in [-0.39, 0.29) is 0 Å². The molecule has 0 unspecified atom stereocenters. The first-order chi connectivity index (χ1) is 11.7. The number of methoxy groups -OCH3 is 1. The molecule has 1 heterocycles. The zero-order valence-corrected chi connectivity index (χ0v) is 15.1. The van der Waals surface area contributed by atoms with Crippen LogP contribution in [0.1, 0.15) is 5.56 Å². The summed E-state index contributed by atoms with van der Waals surface area (Å²) in [5.41, 5.74) is 2.29. The number of nitrogens with zero attached hydrogens (tertiary/aromatic N) is 3. The van der Waals surface area contributed by atoms with E-state index in [0.717, 1.165) is 39.5 Å². The van der Waals surface area contributed by atoms with Gasteiger partial charge >= 0.3 is 0 Å². The monoisotopic (exact) mass is 359 g/mol. The molecule has 0 atom stereocenters. The number of thioether (sulfide) groups is 1. The molecule has 0 aliphatic carbocycles. The minimum Gasteiger partial charge on any atom is -0.497 e. The van der Waals surface area contributed by atoms with Gasteiger partial charge in [0.15, 0.2) is 11.0 Å². The van der Waals surface area contributed by atoms with E-state index in [9.17, 15) is 0 Å². The van der Waals surface area contributed by atoms with Crippen molar-refractivity contribution in [3.8, 4) is 17.1 Å². The molecule has 24 heavy (non-hydrogen) atoms. The van der Waals surface area contributed by atoms with Gasteiger partial charge in [-0.1, -0.05) is 35.5 Å². The zero-order chi connectivity index (χ0) is 16.9. The second-order valence-corrected chi connectivity index (χ2v) is 6.82. The van der Waals surface area contributed by atoms with E-state index >= 15 is 0 Å². The van der Waals surface area contributed by atoms with Gasteiger partial charge in [0, 0.05) is 23.4 Å². The van der Waals surface area contributed by atoms with Crippen LogP contribution in [-0.2, 0) is 13.5 Å². The number of aromatic nitrogens is 3. The Labute approximate surface area is 150 Å². The molecule has 0 spiro atoms. The normalized spacial score (nSPS) is 10.8. The van der Waals surface area contributed by atoms with Crippen molar-refractivity contribution in [1.82, 2.24) is 14.8 Å². The number of halogens is 1. The highest BCUT2D eigenvalue weighted by atomic mass is 35.5. The van der Waals surface area contributed by atoms with Gasteiger partial charge in [0.2, 0.25) is 0 Å². The second kappa shape index (κ2) is 7.73. The molecule has 1 aromatic heterocycles. The zero-order valence-electron chi connectivity index (χ0n) is 13.6. The van der Waals surface area contributed by atoms with Gasteiger partial charge in [-0.3, -0.25) is 0 Å². The van der Waals surface area contributed by atoms with Crippen LogP contribution >= 0.6 is 23.4 Å². The Bertz CT molecular complexity index is 800. The first-order valence-electron chi connectivity index (χ1n) is 7.58. The Morgan fingerprint density at radius 3 is 2.42 bits per heavy atom. The highest BCUT2D eigenvalue weighted by Crippen LogP contribution is 2.24. The topological polar surface area (TPSA) is 39.9 Å². The van der Waals surface area contributed by atoms with Crippen molar-refractivity contribution in [1.29, 1.82) is 0 Å². The van der Waals surface area contributed by atoms with Gasteiger partial charge in [0.05, 0.1) is 7.11 Å². The van der Waals surface area contributed by atoms with Gasteiger partial charge in [-0.2, -0.15) is 0 Å². The lowest BCUT2D eigenvalue weighted by Gasteiger charge is -2.05. The van der Waals surface area contributed by atoms with E-state index in [1.807, 2.05) is 48.0 Å². The van der Waals surface area contributed by atoms with E-state index in [1.54, 1.807) is 18.9 Å². The maximum absolute atomic E-state index is 5.94. The number of aryl methyl sites for hydroxylation is 1. The lowest BCUT2D eigenvalue weighted by molar-refractivity contribution is 0.414. The summed E-state index contributed by atoms with van der Waals surface area (Å²) in [4.78, 5) is 0. The predicted octanol–water partition coefficient (Wildman–Crippen LogP) is 4.48. The molecule has 0 N–H and O–H groups in total. The molecule has 124 valence electrons. The Kier molecular flexibility index (Phi) is 5.43. The molecule has 3 aromatic rings. The number of ether oxygens (including phenoxy) is 1. The largest absolute Gasteiger partial charge is 0.497 e. The number of benzene rings is 2. The molecule has 0 saturated heterocycles. The maximum atomic E-state index is 5.94. The van der Waals surface area contributed by atoms with Gasteiger partial charge in [-0.25, -0.2) is 0 Å². The first kappa shape index (κ1) is 16.9. The van der Waals surface area contributed by atoms with Crippen molar-refractivity contribution >= 4 is 23.4 Å². The first-order valence-corrected chi connectivity index (χ1v) is 8.95. The van der Waals surface area contributed by atoms with E-state index in [1.165, 1.54) is 5.56 Å². The molecule has 0 saturated carbocycles. The van der Waals surface area contributed by atoms with Crippen molar-refractivity contribution in [2.24, 2.45) is 7.05 Å². The SMILES string of the molecule is COc1ccc(CCSc2nnc(-c3ccc(Cl)cc3)n2C)cc1. The fourth-order valence-electron chi connectivity index (χ4n) is 2.34. The quantitative estimate of drug-likeness (QED) is 0.608. The summed E-state index contributed by atoms with van der Waals surface area (Å²) in [5, 5.41) is 10.2. The van der Waals surface area contributed by atoms with Crippen LogP contribution in [-0.4, -0.2) is 27.6 Å². The second-order valence-electron chi connectivity index (χ2n) is 5.32. The summed E-state index contributed by atoms with van der Waals surface area (Å²) >= 11 is 7.64. The van der Waals surface area contributed by atoms with Crippen molar-refractivity contribution < 1.29 is 4.74 Å². The molecule has 3 rings (SSSR count). The highest BCUT2D eigenvalue weighted by Gasteiger charge is 2.11. The van der Waals surface area contributed by atoms with Gasteiger partial charge in [-0.05, 0) is 48.4 Å². The van der Waals surface area contributed by atoms with Crippen LogP contribution in [0.3, 0.4) is 0 Å². The van der Waals surface area contributed by atoms with Crippen LogP contribution in [0.5, 0.6) is 5.75 Å². The van der Waals surface area contributed by atoms with E-state index in [4.69, 9.17) is 16.3 Å². The Morgan fingerprint density at radius 1 is 1.04 bits per heavy atom. The molecule has 6 heteroatoms. The fourth-order valence-corrected chi connectivity index (χ4v) is 3.37. The van der Waals surface area contributed by atoms with Gasteiger partial charge < -0.3 is 9.30 Å². The molecule has 2 aromatic carbocycles. The molecule has 0 aliphatic rings. The summed E-state index contributed by atoms with van der Waals surface area (Å²) in [6.07, 6.45) is 0.970. The smallest absolute Gasteiger partial charge is 0.191 e. The van der Waals surface area contributed by atoms with Crippen molar-refractivity contribution in [2.45, 2.75) is 11.6 Å². The van der Waals surface area contributed by atoms with Crippen LogP contribution < -0.4 is 4.74 Å². The van der Waals surface area contributed by atoms with E-state index in [2.05, 4.69) is 22.3 Å². The molecular weight excluding hydrogens is 342 g/mol. The number of rotatable bonds is 6. The third kappa shape index (κ3) is 3.91. The molecule has 0 radical (unpaired) electrons. The van der Waals surface area contributed by atoms with Crippen LogP contribution in [0, 0.1) is 0 Å². The van der Waals surface area contributed by atoms with Crippen molar-refractivity contribution in [3.63, 3.8) is 0 Å². The summed E-state index contributed by atoms with van der Waals surface area (Å²) < 4.78 is 7.19. The molecule has 0 fully saturated rings. The van der Waals surface area contributed by atoms with Crippen molar-refractivity contribution in [3.05, 3.63) is 59.1 Å². The Balaban J connectivity index is 1.62. The minimum atomic E-state index is 0.718. The Hall–Kier alpha value is -1.98. The van der Waals surface area contributed by atoms with Crippen molar-refractivity contribution in [2.75, 3.05) is 12.9 Å². The summed E-state index contributed by atoms with van der Waals surface area (Å²) in [7, 11) is 3.66. The highest BCUT2D eigenvalue weighted by molar-refractivity contribution is 7.99. The lowest BCUT2D eigenvalue weighted by Crippen LogP contribution is -1.96. The average molecular weight is 360 g/mol. The Morgan fingerprint density at radius 2 is 1.75 bits per heavy atom. The third-order valence-electron chi connectivity index (χ3n) is 3.72. The number of hydrogen-bond donors (Lipinski definition) is 0. The van der Waals surface area contributed by atoms with E-state index < -0.39 is 0 Å². The summed E-state index contributed by atoms with van der Waals surface area (Å²) in [6.45, 7) is 0. The molecule has 0 aliphatic heterocycles. The summed E-state index contributed by atoms with van der Waals surface area (Å²) in [6, 6.07) is 15.8. The third-order valence-corrected chi connectivity index (χ3v) is 4.99. The van der Waals surface area contributed by atoms with Crippen LogP contribution in [0.4, 0.5) is 0 Å².